The van der Waals surface area contributed by atoms with Crippen LogP contribution in [0.2, 0.25) is 0 Å². The summed E-state index contributed by atoms with van der Waals surface area (Å²) in [4.78, 5) is 12.9. The second kappa shape index (κ2) is 10.1. The topological polar surface area (TPSA) is 108 Å². The Hall–Kier alpha value is -4.70. The highest BCUT2D eigenvalue weighted by molar-refractivity contribution is 5.96. The molecule has 2 heterocycles. The van der Waals surface area contributed by atoms with Gasteiger partial charge in [0, 0.05) is 22.6 Å². The van der Waals surface area contributed by atoms with Crippen LogP contribution in [0.4, 0.5) is 0 Å². The monoisotopic (exact) mass is 494 g/mol. The molecule has 186 valence electrons. The summed E-state index contributed by atoms with van der Waals surface area (Å²) in [6, 6.07) is 22.3. The van der Waals surface area contributed by atoms with Gasteiger partial charge in [-0.05, 0) is 43.2 Å². The summed E-state index contributed by atoms with van der Waals surface area (Å²) in [5.74, 6) is 0.571. The number of ether oxygens (including phenoxy) is 3. The third kappa shape index (κ3) is 4.62. The van der Waals surface area contributed by atoms with Crippen molar-refractivity contribution in [2.24, 2.45) is 5.73 Å². The number of aryl methyl sites for hydroxylation is 1. The molecule has 1 atom stereocenters. The molecule has 0 aliphatic carbocycles. The summed E-state index contributed by atoms with van der Waals surface area (Å²) in [5.41, 5.74) is 9.39. The molecule has 5 rings (SSSR count). The SMILES string of the molecule is CCCCOc1ccc(C2C(C#N)=C(N)Oc3cc(OC(=O)c4oc5ccccc5c4C)ccc32)cc1. The molecular formula is C30H26N2O5. The van der Waals surface area contributed by atoms with E-state index in [9.17, 15) is 10.1 Å². The zero-order valence-electron chi connectivity index (χ0n) is 20.6. The van der Waals surface area contributed by atoms with Crippen molar-refractivity contribution in [3.63, 3.8) is 0 Å². The quantitative estimate of drug-likeness (QED) is 0.181. The van der Waals surface area contributed by atoms with E-state index in [0.29, 0.717) is 29.1 Å². The van der Waals surface area contributed by atoms with E-state index in [0.717, 1.165) is 35.1 Å². The number of rotatable bonds is 7. The molecule has 7 nitrogen and oxygen atoms in total. The Kier molecular flexibility index (Phi) is 6.57. The number of nitrogens with zero attached hydrogens (tertiary/aromatic N) is 1. The van der Waals surface area contributed by atoms with Gasteiger partial charge in [0.1, 0.15) is 34.5 Å². The molecule has 37 heavy (non-hydrogen) atoms. The number of nitriles is 1. The maximum atomic E-state index is 12.9. The molecule has 1 aliphatic rings. The van der Waals surface area contributed by atoms with Crippen LogP contribution in [-0.2, 0) is 0 Å². The van der Waals surface area contributed by atoms with Crippen molar-refractivity contribution in [2.45, 2.75) is 32.6 Å². The molecule has 2 N–H and O–H groups in total. The minimum atomic E-state index is -0.610. The van der Waals surface area contributed by atoms with Gasteiger partial charge in [0.25, 0.3) is 0 Å². The fraction of sp³-hybridized carbons (Fsp3) is 0.200. The average Bonchev–Trinajstić information content (AvgIpc) is 3.25. The molecule has 0 amide bonds. The molecular weight excluding hydrogens is 468 g/mol. The second-order valence-corrected chi connectivity index (χ2v) is 8.84. The number of carbonyl (C=O) groups excluding carboxylic acids is 1. The molecule has 1 aromatic heterocycles. The zero-order valence-corrected chi connectivity index (χ0v) is 20.6. The Balaban J connectivity index is 1.42. The van der Waals surface area contributed by atoms with Crippen LogP contribution in [0.3, 0.4) is 0 Å². The van der Waals surface area contributed by atoms with Gasteiger partial charge in [-0.1, -0.05) is 49.7 Å². The summed E-state index contributed by atoms with van der Waals surface area (Å²) in [6.45, 7) is 4.58. The number of carbonyl (C=O) groups is 1. The van der Waals surface area contributed by atoms with Crippen LogP contribution < -0.4 is 19.9 Å². The van der Waals surface area contributed by atoms with Crippen LogP contribution >= 0.6 is 0 Å². The molecule has 3 aromatic carbocycles. The van der Waals surface area contributed by atoms with Gasteiger partial charge in [0.15, 0.2) is 0 Å². The molecule has 0 spiro atoms. The molecule has 0 saturated carbocycles. The van der Waals surface area contributed by atoms with Crippen molar-refractivity contribution in [2.75, 3.05) is 6.61 Å². The van der Waals surface area contributed by atoms with Crippen molar-refractivity contribution < 1.29 is 23.4 Å². The Morgan fingerprint density at radius 3 is 2.57 bits per heavy atom. The Morgan fingerprint density at radius 1 is 1.08 bits per heavy atom. The van der Waals surface area contributed by atoms with Crippen molar-refractivity contribution in [1.29, 1.82) is 5.26 Å². The minimum Gasteiger partial charge on any atom is -0.494 e. The summed E-state index contributed by atoms with van der Waals surface area (Å²) < 4.78 is 22.9. The maximum Gasteiger partial charge on any atom is 0.379 e. The van der Waals surface area contributed by atoms with Crippen LogP contribution in [0.15, 0.2) is 82.6 Å². The molecule has 0 saturated heterocycles. The molecule has 0 radical (unpaired) electrons. The van der Waals surface area contributed by atoms with E-state index >= 15 is 0 Å². The van der Waals surface area contributed by atoms with E-state index in [-0.39, 0.29) is 17.4 Å². The van der Waals surface area contributed by atoms with Gasteiger partial charge in [0.05, 0.1) is 12.5 Å². The van der Waals surface area contributed by atoms with Crippen LogP contribution in [-0.4, -0.2) is 12.6 Å². The number of nitrogens with two attached hydrogens (primary N) is 1. The number of fused-ring (bicyclic) bond motifs is 2. The van der Waals surface area contributed by atoms with Gasteiger partial charge in [-0.3, -0.25) is 0 Å². The lowest BCUT2D eigenvalue weighted by Crippen LogP contribution is -2.21. The van der Waals surface area contributed by atoms with Gasteiger partial charge >= 0.3 is 5.97 Å². The first kappa shape index (κ1) is 24.0. The van der Waals surface area contributed by atoms with Crippen LogP contribution in [0.5, 0.6) is 17.2 Å². The van der Waals surface area contributed by atoms with Gasteiger partial charge in [0.2, 0.25) is 11.6 Å². The number of hydrogen-bond donors (Lipinski definition) is 1. The summed E-state index contributed by atoms with van der Waals surface area (Å²) in [7, 11) is 0. The molecule has 1 unspecified atom stereocenters. The highest BCUT2D eigenvalue weighted by Gasteiger charge is 2.31. The van der Waals surface area contributed by atoms with E-state index in [1.54, 1.807) is 24.3 Å². The number of allylic oxidation sites excluding steroid dienone is 1. The highest BCUT2D eigenvalue weighted by atomic mass is 16.5. The standard InChI is InChI=1S/C30H26N2O5/c1-3-4-15-34-20-11-9-19(10-12-20)27-23-14-13-21(16-26(23)37-29(32)24(27)17-31)35-30(33)28-18(2)22-7-5-6-8-25(22)36-28/h5-14,16,27H,3-4,15,32H2,1-2H3. The third-order valence-corrected chi connectivity index (χ3v) is 6.41. The highest BCUT2D eigenvalue weighted by Crippen LogP contribution is 2.43. The molecule has 0 fully saturated rings. The molecule has 0 bridgehead atoms. The smallest absolute Gasteiger partial charge is 0.379 e. The predicted octanol–water partition coefficient (Wildman–Crippen LogP) is 6.36. The zero-order chi connectivity index (χ0) is 25.9. The van der Waals surface area contributed by atoms with E-state index in [2.05, 4.69) is 13.0 Å². The average molecular weight is 495 g/mol. The van der Waals surface area contributed by atoms with Crippen molar-refractivity contribution in [3.05, 3.63) is 101 Å². The summed E-state index contributed by atoms with van der Waals surface area (Å²) in [6.07, 6.45) is 2.04. The first-order valence-corrected chi connectivity index (χ1v) is 12.1. The van der Waals surface area contributed by atoms with Crippen molar-refractivity contribution in [1.82, 2.24) is 0 Å². The predicted molar refractivity (Wildman–Crippen MR) is 138 cm³/mol. The third-order valence-electron chi connectivity index (χ3n) is 6.41. The van der Waals surface area contributed by atoms with Crippen LogP contribution in [0, 0.1) is 18.3 Å². The fourth-order valence-electron chi connectivity index (χ4n) is 4.46. The van der Waals surface area contributed by atoms with Gasteiger partial charge in [-0.15, -0.1) is 0 Å². The summed E-state index contributed by atoms with van der Waals surface area (Å²) in [5, 5.41) is 10.7. The number of para-hydroxylation sites is 1. The Bertz CT molecular complexity index is 1540. The second-order valence-electron chi connectivity index (χ2n) is 8.84. The number of esters is 1. The van der Waals surface area contributed by atoms with Crippen LogP contribution in [0.1, 0.15) is 52.9 Å². The first-order valence-electron chi connectivity index (χ1n) is 12.1. The number of furan rings is 1. The number of unbranched alkanes of at least 4 members (excludes halogenated alkanes) is 1. The van der Waals surface area contributed by atoms with E-state index in [4.69, 9.17) is 24.4 Å². The van der Waals surface area contributed by atoms with E-state index in [1.807, 2.05) is 49.4 Å². The number of hydrogen-bond acceptors (Lipinski definition) is 7. The first-order chi connectivity index (χ1) is 18.0. The van der Waals surface area contributed by atoms with E-state index in [1.165, 1.54) is 0 Å². The molecule has 1 aliphatic heterocycles. The lowest BCUT2D eigenvalue weighted by Gasteiger charge is -2.26. The normalized spacial score (nSPS) is 14.6. The van der Waals surface area contributed by atoms with Gasteiger partial charge in [-0.25, -0.2) is 4.79 Å². The Morgan fingerprint density at radius 2 is 1.84 bits per heavy atom. The van der Waals surface area contributed by atoms with E-state index < -0.39 is 11.9 Å². The van der Waals surface area contributed by atoms with Crippen molar-refractivity contribution >= 4 is 16.9 Å². The maximum absolute atomic E-state index is 12.9. The molecule has 7 heteroatoms. The minimum absolute atomic E-state index is 0.0138. The lowest BCUT2D eigenvalue weighted by atomic mass is 9.83. The van der Waals surface area contributed by atoms with Crippen molar-refractivity contribution in [3.8, 4) is 23.3 Å². The number of benzene rings is 3. The van der Waals surface area contributed by atoms with Crippen LogP contribution in [0.25, 0.3) is 11.0 Å². The van der Waals surface area contributed by atoms with Gasteiger partial charge < -0.3 is 24.4 Å². The Labute approximate surface area is 214 Å². The van der Waals surface area contributed by atoms with Gasteiger partial charge in [-0.2, -0.15) is 5.26 Å². The fourth-order valence-corrected chi connectivity index (χ4v) is 4.46. The largest absolute Gasteiger partial charge is 0.494 e. The lowest BCUT2D eigenvalue weighted by molar-refractivity contribution is 0.0702. The summed E-state index contributed by atoms with van der Waals surface area (Å²) >= 11 is 0. The molecule has 4 aromatic rings.